The second kappa shape index (κ2) is 4.50. The molecule has 0 aliphatic rings. The van der Waals surface area contributed by atoms with Gasteiger partial charge in [-0.25, -0.2) is 0 Å². The summed E-state index contributed by atoms with van der Waals surface area (Å²) < 4.78 is 0. The lowest BCUT2D eigenvalue weighted by molar-refractivity contribution is 1.24. The van der Waals surface area contributed by atoms with E-state index in [1.807, 2.05) is 0 Å². The molecule has 5 heteroatoms. The average molecular weight is 275 g/mol. The number of nitrogens with one attached hydrogen (secondary N) is 1. The predicted octanol–water partition coefficient (Wildman–Crippen LogP) is 4.00. The van der Waals surface area contributed by atoms with Crippen LogP contribution in [0.5, 0.6) is 0 Å². The second-order valence-corrected chi connectivity index (χ2v) is 4.46. The molecule has 82 valence electrons. The summed E-state index contributed by atoms with van der Waals surface area (Å²) in [5.41, 5.74) is 0.789. The molecule has 1 aromatic carbocycles. The molecule has 0 atom stereocenters. The SMILES string of the molecule is O=c1[nH]cc(Cl)cc1-c1ccc(Cl)cc1Cl. The Hall–Kier alpha value is -0.960. The Morgan fingerprint density at radius 1 is 0.938 bits per heavy atom. The van der Waals surface area contributed by atoms with Crippen LogP contribution in [0.4, 0.5) is 0 Å². The molecule has 0 aliphatic heterocycles. The van der Waals surface area contributed by atoms with Crippen molar-refractivity contribution in [2.45, 2.75) is 0 Å². The first-order valence-electron chi connectivity index (χ1n) is 4.41. The molecule has 1 N–H and O–H groups in total. The Morgan fingerprint density at radius 3 is 2.38 bits per heavy atom. The molecule has 0 spiro atoms. The van der Waals surface area contributed by atoms with Gasteiger partial charge in [-0.15, -0.1) is 0 Å². The molecule has 0 fully saturated rings. The van der Waals surface area contributed by atoms with Gasteiger partial charge in [-0.3, -0.25) is 4.79 Å². The molecule has 0 saturated carbocycles. The Labute approximate surface area is 107 Å². The van der Waals surface area contributed by atoms with Crippen molar-refractivity contribution < 1.29 is 0 Å². The van der Waals surface area contributed by atoms with Crippen molar-refractivity contribution in [2.75, 3.05) is 0 Å². The summed E-state index contributed by atoms with van der Waals surface area (Å²) in [6.07, 6.45) is 1.43. The van der Waals surface area contributed by atoms with Crippen LogP contribution in [0.3, 0.4) is 0 Å². The van der Waals surface area contributed by atoms with Crippen LogP contribution in [0.2, 0.25) is 15.1 Å². The van der Waals surface area contributed by atoms with Crippen LogP contribution in [0.25, 0.3) is 11.1 Å². The largest absolute Gasteiger partial charge is 0.327 e. The fourth-order valence-electron chi connectivity index (χ4n) is 1.37. The standard InChI is InChI=1S/C11H6Cl3NO/c12-6-1-2-8(10(14)4-6)9-3-7(13)5-15-11(9)16/h1-5H,(H,15,16). The van der Waals surface area contributed by atoms with E-state index in [0.717, 1.165) is 0 Å². The molecular formula is C11H6Cl3NO. The molecule has 0 unspecified atom stereocenters. The molecule has 0 saturated heterocycles. The van der Waals surface area contributed by atoms with Gasteiger partial charge in [0, 0.05) is 22.3 Å². The molecule has 2 rings (SSSR count). The molecule has 0 radical (unpaired) electrons. The van der Waals surface area contributed by atoms with E-state index in [1.54, 1.807) is 24.3 Å². The second-order valence-electron chi connectivity index (χ2n) is 3.18. The van der Waals surface area contributed by atoms with Crippen LogP contribution in [0.15, 0.2) is 35.3 Å². The predicted molar refractivity (Wildman–Crippen MR) is 67.5 cm³/mol. The van der Waals surface area contributed by atoms with E-state index in [0.29, 0.717) is 26.2 Å². The van der Waals surface area contributed by atoms with Gasteiger partial charge in [0.25, 0.3) is 5.56 Å². The summed E-state index contributed by atoms with van der Waals surface area (Å²) in [4.78, 5) is 14.1. The highest BCUT2D eigenvalue weighted by Gasteiger charge is 2.08. The summed E-state index contributed by atoms with van der Waals surface area (Å²) in [5.74, 6) is 0. The van der Waals surface area contributed by atoms with Crippen LogP contribution in [0.1, 0.15) is 0 Å². The zero-order valence-corrected chi connectivity index (χ0v) is 10.2. The minimum absolute atomic E-state index is 0.242. The number of pyridine rings is 1. The van der Waals surface area contributed by atoms with Crippen LogP contribution < -0.4 is 5.56 Å². The number of rotatable bonds is 1. The highest BCUT2D eigenvalue weighted by Crippen LogP contribution is 2.29. The number of benzene rings is 1. The van der Waals surface area contributed by atoms with Gasteiger partial charge in [0.1, 0.15) is 0 Å². The molecule has 1 aromatic heterocycles. The third-order valence-corrected chi connectivity index (χ3v) is 2.86. The number of H-pyrrole nitrogens is 1. The van der Waals surface area contributed by atoms with Crippen LogP contribution in [-0.4, -0.2) is 4.98 Å². The Balaban J connectivity index is 2.67. The summed E-state index contributed by atoms with van der Waals surface area (Å²) in [5, 5.41) is 1.38. The minimum atomic E-state index is -0.242. The zero-order valence-electron chi connectivity index (χ0n) is 7.93. The van der Waals surface area contributed by atoms with Crippen LogP contribution >= 0.6 is 34.8 Å². The maximum Gasteiger partial charge on any atom is 0.255 e. The lowest BCUT2D eigenvalue weighted by atomic mass is 10.1. The van der Waals surface area contributed by atoms with E-state index >= 15 is 0 Å². The van der Waals surface area contributed by atoms with Gasteiger partial charge in [-0.05, 0) is 18.2 Å². The smallest absolute Gasteiger partial charge is 0.255 e. The summed E-state index contributed by atoms with van der Waals surface area (Å²) in [7, 11) is 0. The lowest BCUT2D eigenvalue weighted by Crippen LogP contribution is -2.07. The van der Waals surface area contributed by atoms with E-state index < -0.39 is 0 Å². The fraction of sp³-hybridized carbons (Fsp3) is 0. The average Bonchev–Trinajstić information content (AvgIpc) is 2.22. The summed E-state index contributed by atoms with van der Waals surface area (Å²) in [6.45, 7) is 0. The maximum atomic E-state index is 11.6. The van der Waals surface area contributed by atoms with Gasteiger partial charge in [0.15, 0.2) is 0 Å². The topological polar surface area (TPSA) is 32.9 Å². The maximum absolute atomic E-state index is 11.6. The van der Waals surface area contributed by atoms with Crippen LogP contribution in [0, 0.1) is 0 Å². The summed E-state index contributed by atoms with van der Waals surface area (Å²) in [6, 6.07) is 6.50. The fourth-order valence-corrected chi connectivity index (χ4v) is 2.04. The molecule has 16 heavy (non-hydrogen) atoms. The van der Waals surface area contributed by atoms with Gasteiger partial charge in [0.2, 0.25) is 0 Å². The number of aromatic nitrogens is 1. The van der Waals surface area contributed by atoms with E-state index in [1.165, 1.54) is 6.20 Å². The van der Waals surface area contributed by atoms with Crippen molar-refractivity contribution in [1.82, 2.24) is 4.98 Å². The normalized spacial score (nSPS) is 10.4. The first-order valence-corrected chi connectivity index (χ1v) is 5.55. The number of aromatic amines is 1. The van der Waals surface area contributed by atoms with Crippen molar-refractivity contribution in [2.24, 2.45) is 0 Å². The molecule has 0 aliphatic carbocycles. The van der Waals surface area contributed by atoms with E-state index in [2.05, 4.69) is 4.98 Å². The quantitative estimate of drug-likeness (QED) is 0.837. The third-order valence-electron chi connectivity index (χ3n) is 2.09. The molecule has 2 nitrogen and oxygen atoms in total. The van der Waals surface area contributed by atoms with Gasteiger partial charge >= 0.3 is 0 Å². The van der Waals surface area contributed by atoms with Crippen molar-refractivity contribution >= 4 is 34.8 Å². The van der Waals surface area contributed by atoms with E-state index in [-0.39, 0.29) is 5.56 Å². The lowest BCUT2D eigenvalue weighted by Gasteiger charge is -2.04. The van der Waals surface area contributed by atoms with E-state index in [9.17, 15) is 4.79 Å². The van der Waals surface area contributed by atoms with Gasteiger partial charge in [0.05, 0.1) is 10.0 Å². The summed E-state index contributed by atoms with van der Waals surface area (Å²) >= 11 is 17.6. The minimum Gasteiger partial charge on any atom is -0.327 e. The molecule has 2 aromatic rings. The first kappa shape index (κ1) is 11.5. The highest BCUT2D eigenvalue weighted by atomic mass is 35.5. The van der Waals surface area contributed by atoms with Crippen molar-refractivity contribution in [3.05, 3.63) is 55.9 Å². The van der Waals surface area contributed by atoms with E-state index in [4.69, 9.17) is 34.8 Å². The Morgan fingerprint density at radius 2 is 1.69 bits per heavy atom. The van der Waals surface area contributed by atoms with Crippen molar-refractivity contribution in [3.63, 3.8) is 0 Å². The molecular weight excluding hydrogens is 268 g/mol. The monoisotopic (exact) mass is 273 g/mol. The van der Waals surface area contributed by atoms with Gasteiger partial charge in [-0.2, -0.15) is 0 Å². The third kappa shape index (κ3) is 2.24. The number of halogens is 3. The molecule has 0 amide bonds. The molecule has 0 bridgehead atoms. The van der Waals surface area contributed by atoms with Crippen molar-refractivity contribution in [3.8, 4) is 11.1 Å². The Kier molecular flexibility index (Phi) is 3.24. The van der Waals surface area contributed by atoms with Crippen molar-refractivity contribution in [1.29, 1.82) is 0 Å². The highest BCUT2D eigenvalue weighted by molar-refractivity contribution is 6.36. The van der Waals surface area contributed by atoms with Crippen LogP contribution in [-0.2, 0) is 0 Å². The number of hydrogen-bond donors (Lipinski definition) is 1. The van der Waals surface area contributed by atoms with Gasteiger partial charge < -0.3 is 4.98 Å². The van der Waals surface area contributed by atoms with Gasteiger partial charge in [-0.1, -0.05) is 40.9 Å². The zero-order chi connectivity index (χ0) is 11.7. The first-order chi connectivity index (χ1) is 7.58. The number of hydrogen-bond acceptors (Lipinski definition) is 1. The molecule has 1 heterocycles. The Bertz CT molecular complexity index is 592.